The second-order valence-corrected chi connectivity index (χ2v) is 6.30. The van der Waals surface area contributed by atoms with Gasteiger partial charge in [-0.1, -0.05) is 6.42 Å². The number of hydrogen-bond donors (Lipinski definition) is 2. The van der Waals surface area contributed by atoms with E-state index in [9.17, 15) is 0 Å². The van der Waals surface area contributed by atoms with Crippen LogP contribution in [0, 0.1) is 0 Å². The van der Waals surface area contributed by atoms with Gasteiger partial charge in [-0.25, -0.2) is 4.98 Å². The zero-order chi connectivity index (χ0) is 15.2. The molecule has 0 aliphatic carbocycles. The number of rotatable bonds is 7. The highest BCUT2D eigenvalue weighted by molar-refractivity contribution is 7.17. The first-order chi connectivity index (χ1) is 10.9. The second kappa shape index (κ2) is 10.9. The molecular weight excluding hydrogens is 369 g/mol. The average Bonchev–Trinajstić information content (AvgIpc) is 3.03. The predicted octanol–water partition coefficient (Wildman–Crippen LogP) is 2.91. The van der Waals surface area contributed by atoms with Gasteiger partial charge in [0.1, 0.15) is 0 Å². The molecule has 0 unspecified atom stereocenters. The number of nitrogens with two attached hydrogens (primary N) is 1. The zero-order valence-electron chi connectivity index (χ0n) is 13.6. The molecule has 1 aliphatic heterocycles. The molecule has 0 atom stereocenters. The molecule has 0 amide bonds. The van der Waals surface area contributed by atoms with Crippen molar-refractivity contribution < 1.29 is 4.74 Å². The van der Waals surface area contributed by atoms with Crippen LogP contribution in [0.25, 0.3) is 10.2 Å². The first-order valence-electron chi connectivity index (χ1n) is 7.90. The minimum absolute atomic E-state index is 0. The van der Waals surface area contributed by atoms with Crippen molar-refractivity contribution in [3.63, 3.8) is 0 Å². The molecule has 0 spiro atoms. The van der Waals surface area contributed by atoms with E-state index in [1.807, 2.05) is 0 Å². The van der Waals surface area contributed by atoms with Crippen LogP contribution in [0.2, 0.25) is 0 Å². The maximum absolute atomic E-state index is 5.52. The fraction of sp³-hybridized carbons (Fsp3) is 0.600. The molecule has 0 aromatic carbocycles. The van der Waals surface area contributed by atoms with E-state index >= 15 is 0 Å². The van der Waals surface area contributed by atoms with E-state index in [1.165, 1.54) is 0 Å². The Hall–Kier alpha value is -0.860. The van der Waals surface area contributed by atoms with Crippen LogP contribution < -0.4 is 16.0 Å². The molecule has 1 aliphatic rings. The third-order valence-corrected chi connectivity index (χ3v) is 4.66. The summed E-state index contributed by atoms with van der Waals surface area (Å²) >= 11 is 1.70. The van der Waals surface area contributed by atoms with E-state index in [1.54, 1.807) is 11.3 Å². The molecule has 3 heterocycles. The lowest BCUT2D eigenvalue weighted by molar-refractivity contribution is 0.122. The fourth-order valence-electron chi connectivity index (χ4n) is 2.56. The summed E-state index contributed by atoms with van der Waals surface area (Å²) in [5, 5.41) is 5.43. The first kappa shape index (κ1) is 21.2. The van der Waals surface area contributed by atoms with Gasteiger partial charge in [-0.3, -0.25) is 0 Å². The van der Waals surface area contributed by atoms with Gasteiger partial charge in [0.25, 0.3) is 0 Å². The van der Waals surface area contributed by atoms with Crippen LogP contribution in [0.4, 0.5) is 11.8 Å². The molecule has 136 valence electrons. The van der Waals surface area contributed by atoms with E-state index in [0.717, 1.165) is 80.6 Å². The Morgan fingerprint density at radius 1 is 1.17 bits per heavy atom. The van der Waals surface area contributed by atoms with E-state index in [-0.39, 0.29) is 24.8 Å². The maximum Gasteiger partial charge on any atom is 0.225 e. The normalized spacial score (nSPS) is 14.1. The number of anilines is 2. The lowest BCUT2D eigenvalue weighted by atomic mass is 10.2. The molecule has 3 N–H and O–H groups in total. The van der Waals surface area contributed by atoms with E-state index in [0.29, 0.717) is 0 Å². The molecular formula is C15H25Cl2N5OS. The monoisotopic (exact) mass is 393 g/mol. The zero-order valence-corrected chi connectivity index (χ0v) is 16.0. The number of nitrogens with one attached hydrogen (secondary N) is 1. The van der Waals surface area contributed by atoms with Gasteiger partial charge in [-0.2, -0.15) is 4.98 Å². The van der Waals surface area contributed by atoms with Gasteiger partial charge in [0, 0.05) is 19.6 Å². The van der Waals surface area contributed by atoms with Gasteiger partial charge in [0.2, 0.25) is 5.95 Å². The van der Waals surface area contributed by atoms with Crippen molar-refractivity contribution in [2.75, 3.05) is 49.6 Å². The number of fused-ring (bicyclic) bond motifs is 1. The first-order valence-corrected chi connectivity index (χ1v) is 8.78. The summed E-state index contributed by atoms with van der Waals surface area (Å²) in [6, 6.07) is 2.06. The number of morpholine rings is 1. The SMILES string of the molecule is Cl.Cl.NCCCCCNc1nc(N2CCOCC2)c2sccc2n1. The van der Waals surface area contributed by atoms with Crippen molar-refractivity contribution in [2.24, 2.45) is 5.73 Å². The smallest absolute Gasteiger partial charge is 0.225 e. The van der Waals surface area contributed by atoms with Crippen molar-refractivity contribution >= 4 is 58.1 Å². The third-order valence-electron chi connectivity index (χ3n) is 3.76. The minimum atomic E-state index is 0. The molecule has 3 rings (SSSR count). The second-order valence-electron chi connectivity index (χ2n) is 5.38. The number of halogens is 2. The number of aromatic nitrogens is 2. The van der Waals surface area contributed by atoms with Crippen LogP contribution in [-0.4, -0.2) is 49.4 Å². The summed E-state index contributed by atoms with van der Waals surface area (Å²) in [6.07, 6.45) is 3.31. The standard InChI is InChI=1S/C15H23N5OS.2ClH/c16-5-2-1-3-6-17-15-18-12-4-11-22-13(12)14(19-15)20-7-9-21-10-8-20;;/h4,11H,1-3,5-10,16H2,(H,17,18,19);2*1H. The number of hydrogen-bond acceptors (Lipinski definition) is 7. The van der Waals surface area contributed by atoms with Crippen LogP contribution in [0.3, 0.4) is 0 Å². The Balaban J connectivity index is 0.00000144. The highest BCUT2D eigenvalue weighted by Crippen LogP contribution is 2.30. The van der Waals surface area contributed by atoms with Crippen molar-refractivity contribution in [3.8, 4) is 0 Å². The van der Waals surface area contributed by atoms with E-state index in [2.05, 4.69) is 26.6 Å². The maximum atomic E-state index is 5.52. The summed E-state index contributed by atoms with van der Waals surface area (Å²) < 4.78 is 6.60. The van der Waals surface area contributed by atoms with E-state index in [4.69, 9.17) is 15.5 Å². The quantitative estimate of drug-likeness (QED) is 0.704. The number of nitrogens with zero attached hydrogens (tertiary/aromatic N) is 3. The number of unbranched alkanes of at least 4 members (excludes halogenated alkanes) is 2. The Labute approximate surface area is 159 Å². The van der Waals surface area contributed by atoms with Crippen molar-refractivity contribution in [1.82, 2.24) is 9.97 Å². The summed E-state index contributed by atoms with van der Waals surface area (Å²) in [4.78, 5) is 11.7. The molecule has 9 heteroatoms. The molecule has 1 saturated heterocycles. The Morgan fingerprint density at radius 3 is 2.71 bits per heavy atom. The molecule has 2 aromatic heterocycles. The predicted molar refractivity (Wildman–Crippen MR) is 106 cm³/mol. The van der Waals surface area contributed by atoms with Gasteiger partial charge in [0.15, 0.2) is 5.82 Å². The van der Waals surface area contributed by atoms with Crippen molar-refractivity contribution in [1.29, 1.82) is 0 Å². The molecule has 0 radical (unpaired) electrons. The Kier molecular flexibility index (Phi) is 9.61. The average molecular weight is 394 g/mol. The highest BCUT2D eigenvalue weighted by atomic mass is 35.5. The summed E-state index contributed by atoms with van der Waals surface area (Å²) in [6.45, 7) is 4.95. The van der Waals surface area contributed by atoms with Gasteiger partial charge in [-0.15, -0.1) is 36.2 Å². The Bertz CT molecular complexity index is 607. The molecule has 0 saturated carbocycles. The lowest BCUT2D eigenvalue weighted by Crippen LogP contribution is -2.37. The minimum Gasteiger partial charge on any atom is -0.378 e. The number of ether oxygens (including phenoxy) is 1. The summed E-state index contributed by atoms with van der Waals surface area (Å²) in [5.74, 6) is 1.76. The van der Waals surface area contributed by atoms with Crippen molar-refractivity contribution in [2.45, 2.75) is 19.3 Å². The van der Waals surface area contributed by atoms with Crippen LogP contribution in [0.5, 0.6) is 0 Å². The van der Waals surface area contributed by atoms with Gasteiger partial charge in [-0.05, 0) is 30.8 Å². The number of thiophene rings is 1. The fourth-order valence-corrected chi connectivity index (χ4v) is 3.41. The lowest BCUT2D eigenvalue weighted by Gasteiger charge is -2.28. The topological polar surface area (TPSA) is 76.3 Å². The molecule has 1 fully saturated rings. The van der Waals surface area contributed by atoms with Gasteiger partial charge in [0.05, 0.1) is 23.4 Å². The van der Waals surface area contributed by atoms with Gasteiger partial charge < -0.3 is 20.7 Å². The molecule has 24 heavy (non-hydrogen) atoms. The van der Waals surface area contributed by atoms with Crippen LogP contribution in [-0.2, 0) is 4.74 Å². The van der Waals surface area contributed by atoms with Crippen LogP contribution >= 0.6 is 36.2 Å². The molecule has 2 aromatic rings. The van der Waals surface area contributed by atoms with Crippen LogP contribution in [0.1, 0.15) is 19.3 Å². The summed E-state index contributed by atoms with van der Waals surface area (Å²) in [7, 11) is 0. The van der Waals surface area contributed by atoms with Crippen molar-refractivity contribution in [3.05, 3.63) is 11.4 Å². The summed E-state index contributed by atoms with van der Waals surface area (Å²) in [5.41, 5.74) is 6.53. The largest absolute Gasteiger partial charge is 0.378 e. The van der Waals surface area contributed by atoms with Gasteiger partial charge >= 0.3 is 0 Å². The third kappa shape index (κ3) is 5.32. The van der Waals surface area contributed by atoms with E-state index < -0.39 is 0 Å². The molecule has 0 bridgehead atoms. The van der Waals surface area contributed by atoms with Crippen LogP contribution in [0.15, 0.2) is 11.4 Å². The highest BCUT2D eigenvalue weighted by Gasteiger charge is 2.18. The molecule has 6 nitrogen and oxygen atoms in total. The Morgan fingerprint density at radius 2 is 1.96 bits per heavy atom.